The molecule has 4 rings (SSSR count). The smallest absolute Gasteiger partial charge is 0.339 e. The summed E-state index contributed by atoms with van der Waals surface area (Å²) in [6.07, 6.45) is -1.12. The van der Waals surface area contributed by atoms with Crippen molar-refractivity contribution in [3.05, 3.63) is 60.2 Å². The Balaban J connectivity index is 1.66. The van der Waals surface area contributed by atoms with E-state index < -0.39 is 24.0 Å². The first-order chi connectivity index (χ1) is 14.4. The number of fused-ring (bicyclic) bond motifs is 1. The van der Waals surface area contributed by atoms with Gasteiger partial charge in [0.05, 0.1) is 16.8 Å². The van der Waals surface area contributed by atoms with Crippen LogP contribution in [0.4, 0.5) is 4.79 Å². The number of nitrogens with zero attached hydrogens (tertiary/aromatic N) is 2. The van der Waals surface area contributed by atoms with E-state index in [1.165, 1.54) is 19.1 Å². The van der Waals surface area contributed by atoms with E-state index in [9.17, 15) is 19.5 Å². The van der Waals surface area contributed by atoms with Crippen LogP contribution in [0.1, 0.15) is 17.3 Å². The van der Waals surface area contributed by atoms with Crippen LogP contribution in [0.2, 0.25) is 0 Å². The van der Waals surface area contributed by atoms with Crippen molar-refractivity contribution in [2.45, 2.75) is 13.0 Å². The Bertz CT molecular complexity index is 1140. The van der Waals surface area contributed by atoms with E-state index in [2.05, 4.69) is 10.3 Å². The summed E-state index contributed by atoms with van der Waals surface area (Å²) in [7, 11) is 0. The molecule has 152 valence electrons. The van der Waals surface area contributed by atoms with E-state index >= 15 is 0 Å². The van der Waals surface area contributed by atoms with Crippen LogP contribution < -0.4 is 5.32 Å². The molecule has 0 radical (unpaired) electrons. The highest BCUT2D eigenvalue weighted by Crippen LogP contribution is 2.27. The number of aromatic hydroxyl groups is 1. The molecule has 0 aliphatic carbocycles. The number of aromatic nitrogens is 1. The highest BCUT2D eigenvalue weighted by atomic mass is 16.5. The van der Waals surface area contributed by atoms with Crippen molar-refractivity contribution >= 4 is 28.8 Å². The van der Waals surface area contributed by atoms with Gasteiger partial charge in [-0.1, -0.05) is 18.2 Å². The number of hydrogen-bond acceptors (Lipinski definition) is 6. The zero-order valence-electron chi connectivity index (χ0n) is 16.2. The Hall–Kier alpha value is -3.94. The Morgan fingerprint density at radius 3 is 2.60 bits per heavy atom. The molecule has 1 aliphatic rings. The van der Waals surface area contributed by atoms with Crippen LogP contribution in [-0.4, -0.2) is 52.1 Å². The maximum atomic E-state index is 12.9. The average Bonchev–Trinajstić information content (AvgIpc) is 3.18. The summed E-state index contributed by atoms with van der Waals surface area (Å²) in [5.41, 5.74) is 2.09. The van der Waals surface area contributed by atoms with Crippen molar-refractivity contribution in [1.29, 1.82) is 0 Å². The van der Waals surface area contributed by atoms with Gasteiger partial charge in [-0.15, -0.1) is 0 Å². The van der Waals surface area contributed by atoms with Gasteiger partial charge in [-0.25, -0.2) is 14.6 Å². The number of benzene rings is 2. The van der Waals surface area contributed by atoms with Gasteiger partial charge in [0, 0.05) is 24.0 Å². The second-order valence-corrected chi connectivity index (χ2v) is 6.89. The van der Waals surface area contributed by atoms with Gasteiger partial charge in [-0.05, 0) is 43.3 Å². The monoisotopic (exact) mass is 405 g/mol. The van der Waals surface area contributed by atoms with E-state index in [0.717, 1.165) is 4.90 Å². The molecule has 2 N–H and O–H groups in total. The third-order valence-corrected chi connectivity index (χ3v) is 4.85. The molecule has 0 saturated carbocycles. The van der Waals surface area contributed by atoms with Gasteiger partial charge >= 0.3 is 12.0 Å². The van der Waals surface area contributed by atoms with E-state index in [1.807, 2.05) is 6.07 Å². The van der Waals surface area contributed by atoms with Crippen molar-refractivity contribution in [3.8, 4) is 17.0 Å². The van der Waals surface area contributed by atoms with Crippen LogP contribution in [0.5, 0.6) is 5.75 Å². The van der Waals surface area contributed by atoms with Gasteiger partial charge < -0.3 is 15.2 Å². The average molecular weight is 405 g/mol. The minimum absolute atomic E-state index is 0.123. The zero-order chi connectivity index (χ0) is 21.3. The SMILES string of the molecule is C[C@@H](OC(=O)c1cc(-c2ccc(O)cc2)nc2ccccc12)C(=O)N1CCNC1=O. The predicted octanol–water partition coefficient (Wildman–Crippen LogP) is 2.70. The largest absolute Gasteiger partial charge is 0.508 e. The van der Waals surface area contributed by atoms with Gasteiger partial charge in [0.25, 0.3) is 5.91 Å². The van der Waals surface area contributed by atoms with E-state index in [-0.39, 0.29) is 17.9 Å². The summed E-state index contributed by atoms with van der Waals surface area (Å²) in [6.45, 7) is 2.05. The van der Waals surface area contributed by atoms with Crippen LogP contribution in [0.25, 0.3) is 22.2 Å². The molecule has 8 nitrogen and oxygen atoms in total. The van der Waals surface area contributed by atoms with Crippen LogP contribution in [0.15, 0.2) is 54.6 Å². The number of esters is 1. The summed E-state index contributed by atoms with van der Waals surface area (Å²) in [6, 6.07) is 14.7. The number of phenols is 1. The molecular formula is C22H19N3O5. The lowest BCUT2D eigenvalue weighted by molar-refractivity contribution is -0.136. The molecule has 2 heterocycles. The minimum atomic E-state index is -1.12. The number of hydrogen-bond donors (Lipinski definition) is 2. The van der Waals surface area contributed by atoms with Gasteiger partial charge in [-0.2, -0.15) is 0 Å². The van der Waals surface area contributed by atoms with E-state index in [0.29, 0.717) is 28.7 Å². The number of nitrogens with one attached hydrogen (secondary N) is 1. The van der Waals surface area contributed by atoms with Crippen molar-refractivity contribution in [2.24, 2.45) is 0 Å². The van der Waals surface area contributed by atoms with Gasteiger partial charge in [0.15, 0.2) is 6.10 Å². The first-order valence-corrected chi connectivity index (χ1v) is 9.43. The number of ether oxygens (including phenoxy) is 1. The summed E-state index contributed by atoms with van der Waals surface area (Å²) in [5, 5.41) is 12.6. The Kier molecular flexibility index (Phi) is 5.05. The third-order valence-electron chi connectivity index (χ3n) is 4.85. The highest BCUT2D eigenvalue weighted by Gasteiger charge is 2.32. The standard InChI is InChI=1S/C22H19N3O5/c1-13(20(27)25-11-10-23-22(25)29)30-21(28)17-12-19(14-6-8-15(26)9-7-14)24-18-5-3-2-4-16(17)18/h2-9,12-13,26H,10-11H2,1H3,(H,23,29)/t13-/m1/s1. The molecule has 8 heteroatoms. The molecule has 0 unspecified atom stereocenters. The summed E-state index contributed by atoms with van der Waals surface area (Å²) in [4.78, 5) is 42.7. The second kappa shape index (κ2) is 7.82. The normalized spacial score (nSPS) is 14.4. The third kappa shape index (κ3) is 3.67. The quantitative estimate of drug-likeness (QED) is 0.646. The Labute approximate surface area is 172 Å². The summed E-state index contributed by atoms with van der Waals surface area (Å²) in [5.74, 6) is -1.14. The molecule has 30 heavy (non-hydrogen) atoms. The topological polar surface area (TPSA) is 109 Å². The molecule has 1 saturated heterocycles. The van der Waals surface area contributed by atoms with E-state index in [4.69, 9.17) is 4.74 Å². The second-order valence-electron chi connectivity index (χ2n) is 6.89. The predicted molar refractivity (Wildman–Crippen MR) is 109 cm³/mol. The molecule has 0 spiro atoms. The van der Waals surface area contributed by atoms with Gasteiger partial charge in [0.1, 0.15) is 5.75 Å². The highest BCUT2D eigenvalue weighted by molar-refractivity contribution is 6.06. The zero-order valence-corrected chi connectivity index (χ0v) is 16.2. The molecule has 2 aromatic carbocycles. The number of pyridine rings is 1. The molecular weight excluding hydrogens is 386 g/mol. The molecule has 1 aromatic heterocycles. The first kappa shape index (κ1) is 19.4. The molecule has 1 aliphatic heterocycles. The summed E-state index contributed by atoms with van der Waals surface area (Å²) < 4.78 is 5.40. The van der Waals surface area contributed by atoms with Crippen molar-refractivity contribution in [2.75, 3.05) is 13.1 Å². The lowest BCUT2D eigenvalue weighted by Crippen LogP contribution is -2.41. The number of urea groups is 1. The maximum Gasteiger partial charge on any atom is 0.339 e. The summed E-state index contributed by atoms with van der Waals surface area (Å²) >= 11 is 0. The number of para-hydroxylation sites is 1. The lowest BCUT2D eigenvalue weighted by atomic mass is 10.0. The van der Waals surface area contributed by atoms with Gasteiger partial charge in [0.2, 0.25) is 0 Å². The lowest BCUT2D eigenvalue weighted by Gasteiger charge is -2.18. The fourth-order valence-corrected chi connectivity index (χ4v) is 3.30. The van der Waals surface area contributed by atoms with Crippen molar-refractivity contribution < 1.29 is 24.2 Å². The number of carbonyl (C=O) groups excluding carboxylic acids is 3. The molecule has 1 atom stereocenters. The molecule has 3 aromatic rings. The maximum absolute atomic E-state index is 12.9. The van der Waals surface area contributed by atoms with Crippen LogP contribution in [-0.2, 0) is 9.53 Å². The van der Waals surface area contributed by atoms with Crippen LogP contribution in [0.3, 0.4) is 0 Å². The number of rotatable bonds is 4. The molecule has 1 fully saturated rings. The van der Waals surface area contributed by atoms with Crippen LogP contribution >= 0.6 is 0 Å². The minimum Gasteiger partial charge on any atom is -0.508 e. The fraction of sp³-hybridized carbons (Fsp3) is 0.182. The molecule has 3 amide bonds. The van der Waals surface area contributed by atoms with Crippen molar-refractivity contribution in [3.63, 3.8) is 0 Å². The van der Waals surface area contributed by atoms with E-state index in [1.54, 1.807) is 36.4 Å². The molecule has 0 bridgehead atoms. The Morgan fingerprint density at radius 1 is 1.17 bits per heavy atom. The van der Waals surface area contributed by atoms with Crippen molar-refractivity contribution in [1.82, 2.24) is 15.2 Å². The van der Waals surface area contributed by atoms with Crippen LogP contribution in [0, 0.1) is 0 Å². The van der Waals surface area contributed by atoms with Gasteiger partial charge in [-0.3, -0.25) is 9.69 Å². The first-order valence-electron chi connectivity index (χ1n) is 9.43. The number of amides is 3. The number of imide groups is 1. The number of phenolic OH excluding ortho intramolecular Hbond substituents is 1. The Morgan fingerprint density at radius 2 is 1.90 bits per heavy atom. The fourth-order valence-electron chi connectivity index (χ4n) is 3.30. The number of carbonyl (C=O) groups is 3.